The lowest BCUT2D eigenvalue weighted by Gasteiger charge is -2.23. The Morgan fingerprint density at radius 2 is 2.29 bits per heavy atom. The fourth-order valence-corrected chi connectivity index (χ4v) is 2.67. The molecule has 3 heterocycles. The Bertz CT molecular complexity index is 587. The third-order valence-electron chi connectivity index (χ3n) is 3.84. The molecule has 0 bridgehead atoms. The molecule has 1 N–H and O–H groups in total. The van der Waals surface area contributed by atoms with E-state index in [9.17, 15) is 0 Å². The summed E-state index contributed by atoms with van der Waals surface area (Å²) >= 11 is 0. The molecule has 0 fully saturated rings. The van der Waals surface area contributed by atoms with Crippen LogP contribution in [0.2, 0.25) is 0 Å². The number of hydrogen-bond donors (Lipinski definition) is 1. The van der Waals surface area contributed by atoms with Crippen molar-refractivity contribution in [3.63, 3.8) is 0 Å². The van der Waals surface area contributed by atoms with Gasteiger partial charge in [-0.25, -0.2) is 14.3 Å². The normalized spacial score (nSPS) is 17.9. The molecule has 0 saturated heterocycles. The summed E-state index contributed by atoms with van der Waals surface area (Å²) < 4.78 is 3.90. The Morgan fingerprint density at radius 1 is 1.38 bits per heavy atom. The summed E-state index contributed by atoms with van der Waals surface area (Å²) in [6, 6.07) is 0.398. The molecule has 0 aliphatic carbocycles. The predicted molar refractivity (Wildman–Crippen MR) is 76.4 cm³/mol. The molecule has 3 rings (SSSR count). The zero-order valence-corrected chi connectivity index (χ0v) is 12.7. The molecule has 0 spiro atoms. The van der Waals surface area contributed by atoms with Crippen LogP contribution in [0.3, 0.4) is 0 Å². The average molecular weight is 290 g/mol. The molecule has 0 unspecified atom stereocenters. The molecule has 21 heavy (non-hydrogen) atoms. The predicted octanol–water partition coefficient (Wildman–Crippen LogP) is 0.478. The molecule has 0 aromatic carbocycles. The van der Waals surface area contributed by atoms with Crippen molar-refractivity contribution >= 4 is 0 Å². The summed E-state index contributed by atoms with van der Waals surface area (Å²) in [6.45, 7) is 6.56. The highest BCUT2D eigenvalue weighted by Gasteiger charge is 2.21. The van der Waals surface area contributed by atoms with Crippen LogP contribution in [-0.4, -0.2) is 41.0 Å². The molecule has 0 radical (unpaired) electrons. The van der Waals surface area contributed by atoms with Crippen molar-refractivity contribution in [1.82, 2.24) is 40.3 Å². The van der Waals surface area contributed by atoms with Gasteiger partial charge in [-0.2, -0.15) is 5.10 Å². The molecule has 2 aromatic rings. The van der Waals surface area contributed by atoms with Crippen molar-refractivity contribution < 1.29 is 0 Å². The minimum Gasteiger partial charge on any atom is -0.305 e. The lowest BCUT2D eigenvalue weighted by Crippen LogP contribution is -2.38. The smallest absolute Gasteiger partial charge is 0.165 e. The average Bonchev–Trinajstić information content (AvgIpc) is 3.07. The Morgan fingerprint density at radius 3 is 3.14 bits per heavy atom. The Labute approximate surface area is 123 Å². The maximum Gasteiger partial charge on any atom is 0.165 e. The Balaban J connectivity index is 1.55. The number of rotatable bonds is 6. The van der Waals surface area contributed by atoms with Gasteiger partial charge in [0.1, 0.15) is 11.6 Å². The van der Waals surface area contributed by atoms with E-state index in [1.807, 2.05) is 16.3 Å². The van der Waals surface area contributed by atoms with Crippen LogP contribution in [-0.2, 0) is 26.1 Å². The molecule has 1 aliphatic rings. The van der Waals surface area contributed by atoms with E-state index in [0.29, 0.717) is 12.6 Å². The lowest BCUT2D eigenvalue weighted by molar-refractivity contribution is 0.351. The molecule has 8 heteroatoms. The first kappa shape index (κ1) is 14.1. The first-order valence-electron chi connectivity index (χ1n) is 7.65. The van der Waals surface area contributed by atoms with Crippen molar-refractivity contribution in [2.24, 2.45) is 0 Å². The first-order chi connectivity index (χ1) is 10.3. The van der Waals surface area contributed by atoms with E-state index >= 15 is 0 Å². The van der Waals surface area contributed by atoms with Crippen LogP contribution < -0.4 is 5.32 Å². The molecule has 1 aliphatic heterocycles. The fraction of sp³-hybridized carbons (Fsp3) is 0.769. The zero-order chi connectivity index (χ0) is 14.7. The number of aryl methyl sites for hydroxylation is 3. The van der Waals surface area contributed by atoms with Crippen molar-refractivity contribution in [2.45, 2.75) is 65.2 Å². The largest absolute Gasteiger partial charge is 0.305 e. The molecule has 2 aromatic heterocycles. The van der Waals surface area contributed by atoms with E-state index in [4.69, 9.17) is 0 Å². The van der Waals surface area contributed by atoms with Crippen LogP contribution in [0, 0.1) is 6.92 Å². The van der Waals surface area contributed by atoms with E-state index in [1.54, 1.807) is 0 Å². The second-order valence-electron chi connectivity index (χ2n) is 5.55. The third-order valence-corrected chi connectivity index (χ3v) is 3.84. The zero-order valence-electron chi connectivity index (χ0n) is 12.7. The van der Waals surface area contributed by atoms with Crippen LogP contribution in [0.1, 0.15) is 43.7 Å². The second kappa shape index (κ2) is 6.30. The van der Waals surface area contributed by atoms with Gasteiger partial charge in [0.05, 0.1) is 13.1 Å². The topological polar surface area (TPSA) is 86.3 Å². The van der Waals surface area contributed by atoms with Crippen LogP contribution >= 0.6 is 0 Å². The van der Waals surface area contributed by atoms with Gasteiger partial charge in [0.25, 0.3) is 0 Å². The van der Waals surface area contributed by atoms with E-state index < -0.39 is 0 Å². The summed E-state index contributed by atoms with van der Waals surface area (Å²) in [7, 11) is 0. The Hall–Kier alpha value is -1.83. The summed E-state index contributed by atoms with van der Waals surface area (Å²) in [5.41, 5.74) is 0. The van der Waals surface area contributed by atoms with Crippen LogP contribution in [0.5, 0.6) is 0 Å². The van der Waals surface area contributed by atoms with Crippen molar-refractivity contribution in [1.29, 1.82) is 0 Å². The van der Waals surface area contributed by atoms with Gasteiger partial charge in [-0.15, -0.1) is 5.10 Å². The number of unbranched alkanes of at least 4 members (excludes halogenated alkanes) is 1. The number of nitrogens with one attached hydrogen (secondary N) is 1. The molecular weight excluding hydrogens is 268 g/mol. The number of hydrogen-bond acceptors (Lipinski definition) is 6. The van der Waals surface area contributed by atoms with E-state index in [2.05, 4.69) is 37.8 Å². The highest BCUT2D eigenvalue weighted by molar-refractivity contribution is 4.97. The molecule has 8 nitrogen and oxygen atoms in total. The van der Waals surface area contributed by atoms with Crippen LogP contribution in [0.25, 0.3) is 0 Å². The van der Waals surface area contributed by atoms with Gasteiger partial charge in [0, 0.05) is 19.0 Å². The van der Waals surface area contributed by atoms with E-state index in [0.717, 1.165) is 56.2 Å². The van der Waals surface area contributed by atoms with Gasteiger partial charge in [-0.05, 0) is 30.2 Å². The highest BCUT2D eigenvalue weighted by atomic mass is 15.5. The number of nitrogens with zero attached hydrogens (tertiary/aromatic N) is 7. The molecule has 0 saturated carbocycles. The number of fused-ring (bicyclic) bond motifs is 1. The van der Waals surface area contributed by atoms with Gasteiger partial charge < -0.3 is 5.32 Å². The monoisotopic (exact) mass is 290 g/mol. The summed E-state index contributed by atoms with van der Waals surface area (Å²) in [5, 5.41) is 19.9. The maximum atomic E-state index is 4.43. The van der Waals surface area contributed by atoms with Gasteiger partial charge >= 0.3 is 0 Å². The SMILES string of the molecule is CCCCn1nnnc1CN[C@H]1CCc2nc(C)nn2C1. The number of tetrazole rings is 1. The molecule has 0 amide bonds. The van der Waals surface area contributed by atoms with Gasteiger partial charge in [-0.3, -0.25) is 0 Å². The van der Waals surface area contributed by atoms with E-state index in [1.165, 1.54) is 0 Å². The first-order valence-corrected chi connectivity index (χ1v) is 7.65. The van der Waals surface area contributed by atoms with Crippen molar-refractivity contribution in [3.8, 4) is 0 Å². The van der Waals surface area contributed by atoms with Crippen molar-refractivity contribution in [2.75, 3.05) is 0 Å². The maximum absolute atomic E-state index is 4.43. The van der Waals surface area contributed by atoms with E-state index in [-0.39, 0.29) is 0 Å². The molecular formula is C13H22N8. The quantitative estimate of drug-likeness (QED) is 0.832. The second-order valence-corrected chi connectivity index (χ2v) is 5.55. The summed E-state index contributed by atoms with van der Waals surface area (Å²) in [5.74, 6) is 2.86. The minimum absolute atomic E-state index is 0.398. The van der Waals surface area contributed by atoms with Crippen LogP contribution in [0.15, 0.2) is 0 Å². The highest BCUT2D eigenvalue weighted by Crippen LogP contribution is 2.13. The van der Waals surface area contributed by atoms with Gasteiger partial charge in [0.2, 0.25) is 0 Å². The molecule has 114 valence electrons. The van der Waals surface area contributed by atoms with Gasteiger partial charge in [-0.1, -0.05) is 13.3 Å². The Kier molecular flexibility index (Phi) is 4.23. The lowest BCUT2D eigenvalue weighted by atomic mass is 10.1. The molecule has 1 atom stereocenters. The number of aromatic nitrogens is 7. The third kappa shape index (κ3) is 3.26. The summed E-state index contributed by atoms with van der Waals surface area (Å²) in [6.07, 6.45) is 4.29. The standard InChI is InChI=1S/C13H22N8/c1-3-4-7-20-13(16-18-19-20)8-14-11-5-6-12-15-10(2)17-21(12)9-11/h11,14H,3-9H2,1-2H3/t11-/m0/s1. The van der Waals surface area contributed by atoms with Gasteiger partial charge in [0.15, 0.2) is 5.82 Å². The van der Waals surface area contributed by atoms with Crippen LogP contribution in [0.4, 0.5) is 0 Å². The fourth-order valence-electron chi connectivity index (χ4n) is 2.67. The minimum atomic E-state index is 0.398. The van der Waals surface area contributed by atoms with Crippen molar-refractivity contribution in [3.05, 3.63) is 17.5 Å². The summed E-state index contributed by atoms with van der Waals surface area (Å²) in [4.78, 5) is 4.43.